The molecule has 1 rings (SSSR count). The van der Waals surface area contributed by atoms with Gasteiger partial charge < -0.3 is 0 Å². The second-order valence-corrected chi connectivity index (χ2v) is 4.19. The fourth-order valence-corrected chi connectivity index (χ4v) is 1.96. The first-order valence-corrected chi connectivity index (χ1v) is 4.41. The first-order chi connectivity index (χ1) is 5.08. The summed E-state index contributed by atoms with van der Waals surface area (Å²) < 4.78 is 0. The first-order valence-electron chi connectivity index (χ1n) is 4.41. The van der Waals surface area contributed by atoms with Crippen molar-refractivity contribution in [3.05, 3.63) is 0 Å². The van der Waals surface area contributed by atoms with Gasteiger partial charge in [-0.05, 0) is 31.6 Å². The quantitative estimate of drug-likeness (QED) is 0.469. The molecule has 11 heavy (non-hydrogen) atoms. The summed E-state index contributed by atoms with van der Waals surface area (Å²) in [4.78, 5) is 4.56. The number of hydrogen-bond acceptors (Lipinski definition) is 2. The molecule has 0 saturated heterocycles. The topological polar surface area (TPSA) is 29.5 Å². The highest BCUT2D eigenvalue weighted by Gasteiger charge is 2.37. The lowest BCUT2D eigenvalue weighted by molar-refractivity contribution is -0.340. The third-order valence-corrected chi connectivity index (χ3v) is 3.10. The van der Waals surface area contributed by atoms with E-state index in [0.29, 0.717) is 11.8 Å². The summed E-state index contributed by atoms with van der Waals surface area (Å²) in [5.74, 6) is 1.16. The van der Waals surface area contributed by atoms with E-state index in [1.165, 1.54) is 6.42 Å². The molecule has 0 bridgehead atoms. The van der Waals surface area contributed by atoms with E-state index in [0.717, 1.165) is 12.8 Å². The minimum atomic E-state index is -0.294. The lowest BCUT2D eigenvalue weighted by Crippen LogP contribution is -2.40. The van der Waals surface area contributed by atoms with Crippen molar-refractivity contribution in [2.24, 2.45) is 11.8 Å². The highest BCUT2D eigenvalue weighted by atomic mass is 17.1. The molecule has 1 saturated carbocycles. The Labute approximate surface area is 68.5 Å². The van der Waals surface area contributed by atoms with Gasteiger partial charge in [0.05, 0.1) is 0 Å². The molecule has 2 nitrogen and oxygen atoms in total. The van der Waals surface area contributed by atoms with E-state index in [4.69, 9.17) is 5.26 Å². The van der Waals surface area contributed by atoms with Crippen molar-refractivity contribution in [2.75, 3.05) is 0 Å². The van der Waals surface area contributed by atoms with Gasteiger partial charge in [-0.25, -0.2) is 4.89 Å². The molecule has 0 aromatic rings. The van der Waals surface area contributed by atoms with E-state index < -0.39 is 0 Å². The van der Waals surface area contributed by atoms with Crippen molar-refractivity contribution >= 4 is 0 Å². The maximum Gasteiger partial charge on any atom is 0.103 e. The molecule has 1 fully saturated rings. The molecule has 0 aliphatic heterocycles. The Balaban J connectivity index is 2.60. The average molecular weight is 158 g/mol. The molecule has 3 unspecified atom stereocenters. The van der Waals surface area contributed by atoms with Gasteiger partial charge in [0, 0.05) is 0 Å². The van der Waals surface area contributed by atoms with E-state index in [9.17, 15) is 0 Å². The van der Waals surface area contributed by atoms with E-state index in [2.05, 4.69) is 18.7 Å². The molecule has 0 aromatic carbocycles. The van der Waals surface area contributed by atoms with Crippen LogP contribution in [0.4, 0.5) is 0 Å². The Bertz CT molecular complexity index is 136. The molecule has 1 aliphatic rings. The van der Waals surface area contributed by atoms with Crippen LogP contribution in [-0.2, 0) is 4.89 Å². The average Bonchev–Trinajstić information content (AvgIpc) is 1.98. The fourth-order valence-electron chi connectivity index (χ4n) is 1.96. The lowest BCUT2D eigenvalue weighted by atomic mass is 9.73. The standard InChI is InChI=1S/C9H18O2/c1-7-4-5-8(2)9(3,6-7)11-10/h7-8,10H,4-6H2,1-3H3. The summed E-state index contributed by atoms with van der Waals surface area (Å²) in [7, 11) is 0. The molecule has 1 N–H and O–H groups in total. The third kappa shape index (κ3) is 1.74. The monoisotopic (exact) mass is 158 g/mol. The van der Waals surface area contributed by atoms with Crippen molar-refractivity contribution < 1.29 is 10.1 Å². The summed E-state index contributed by atoms with van der Waals surface area (Å²) in [6.45, 7) is 6.35. The Kier molecular flexibility index (Phi) is 2.55. The summed E-state index contributed by atoms with van der Waals surface area (Å²) in [5, 5.41) is 8.74. The van der Waals surface area contributed by atoms with Crippen molar-refractivity contribution in [3.8, 4) is 0 Å². The molecule has 0 radical (unpaired) electrons. The van der Waals surface area contributed by atoms with E-state index in [-0.39, 0.29) is 5.60 Å². The van der Waals surface area contributed by atoms with E-state index in [1.807, 2.05) is 6.92 Å². The van der Waals surface area contributed by atoms with Gasteiger partial charge in [-0.15, -0.1) is 0 Å². The van der Waals surface area contributed by atoms with Crippen LogP contribution >= 0.6 is 0 Å². The van der Waals surface area contributed by atoms with E-state index in [1.54, 1.807) is 0 Å². The van der Waals surface area contributed by atoms with Crippen LogP contribution in [0.2, 0.25) is 0 Å². The van der Waals surface area contributed by atoms with Crippen molar-refractivity contribution in [3.63, 3.8) is 0 Å². The minimum absolute atomic E-state index is 0.294. The van der Waals surface area contributed by atoms with Gasteiger partial charge in [-0.2, -0.15) is 0 Å². The molecular formula is C9H18O2. The molecule has 0 heterocycles. The molecule has 0 spiro atoms. The highest BCUT2D eigenvalue weighted by Crippen LogP contribution is 2.38. The van der Waals surface area contributed by atoms with Gasteiger partial charge in [-0.1, -0.05) is 20.3 Å². The largest absolute Gasteiger partial charge is 0.251 e. The van der Waals surface area contributed by atoms with Crippen molar-refractivity contribution in [1.29, 1.82) is 0 Å². The second-order valence-electron chi connectivity index (χ2n) is 4.19. The van der Waals surface area contributed by atoms with Crippen LogP contribution < -0.4 is 0 Å². The smallest absolute Gasteiger partial charge is 0.103 e. The van der Waals surface area contributed by atoms with Crippen molar-refractivity contribution in [2.45, 2.75) is 45.6 Å². The van der Waals surface area contributed by atoms with Crippen LogP contribution in [0.5, 0.6) is 0 Å². The maximum absolute atomic E-state index is 8.74. The van der Waals surface area contributed by atoms with Gasteiger partial charge in [-0.3, -0.25) is 5.26 Å². The van der Waals surface area contributed by atoms with Crippen LogP contribution in [0.3, 0.4) is 0 Å². The number of hydrogen-bond donors (Lipinski definition) is 1. The van der Waals surface area contributed by atoms with Crippen LogP contribution in [0.1, 0.15) is 40.0 Å². The van der Waals surface area contributed by atoms with Gasteiger partial charge in [0.1, 0.15) is 5.60 Å². The van der Waals surface area contributed by atoms with Crippen LogP contribution in [0.25, 0.3) is 0 Å². The Morgan fingerprint density at radius 3 is 2.45 bits per heavy atom. The fraction of sp³-hybridized carbons (Fsp3) is 1.00. The van der Waals surface area contributed by atoms with Crippen LogP contribution in [0, 0.1) is 11.8 Å². The van der Waals surface area contributed by atoms with Gasteiger partial charge in [0.25, 0.3) is 0 Å². The summed E-state index contributed by atoms with van der Waals surface area (Å²) in [5.41, 5.74) is -0.294. The van der Waals surface area contributed by atoms with Crippen LogP contribution in [0.15, 0.2) is 0 Å². The summed E-state index contributed by atoms with van der Waals surface area (Å²) in [6, 6.07) is 0. The predicted molar refractivity (Wildman–Crippen MR) is 44.3 cm³/mol. The Morgan fingerprint density at radius 2 is 2.00 bits per heavy atom. The Hall–Kier alpha value is -0.0800. The maximum atomic E-state index is 8.74. The van der Waals surface area contributed by atoms with E-state index >= 15 is 0 Å². The predicted octanol–water partition coefficient (Wildman–Crippen LogP) is 2.69. The zero-order valence-corrected chi connectivity index (χ0v) is 7.63. The van der Waals surface area contributed by atoms with Crippen molar-refractivity contribution in [1.82, 2.24) is 0 Å². The SMILES string of the molecule is CC1CCC(C)C(C)(OO)C1. The third-order valence-electron chi connectivity index (χ3n) is 3.10. The molecule has 2 heteroatoms. The van der Waals surface area contributed by atoms with Crippen LogP contribution in [-0.4, -0.2) is 10.9 Å². The Morgan fingerprint density at radius 1 is 1.36 bits per heavy atom. The summed E-state index contributed by atoms with van der Waals surface area (Å²) in [6.07, 6.45) is 3.41. The first kappa shape index (κ1) is 9.01. The zero-order valence-electron chi connectivity index (χ0n) is 7.63. The lowest BCUT2D eigenvalue weighted by Gasteiger charge is -2.39. The highest BCUT2D eigenvalue weighted by molar-refractivity contribution is 4.86. The molecule has 66 valence electrons. The van der Waals surface area contributed by atoms with Gasteiger partial charge in [0.2, 0.25) is 0 Å². The molecular weight excluding hydrogens is 140 g/mol. The second kappa shape index (κ2) is 3.11. The molecule has 1 aliphatic carbocycles. The zero-order chi connectivity index (χ0) is 8.48. The van der Waals surface area contributed by atoms with Gasteiger partial charge >= 0.3 is 0 Å². The van der Waals surface area contributed by atoms with Gasteiger partial charge in [0.15, 0.2) is 0 Å². The summed E-state index contributed by atoms with van der Waals surface area (Å²) >= 11 is 0. The number of rotatable bonds is 1. The minimum Gasteiger partial charge on any atom is -0.251 e. The normalized spacial score (nSPS) is 45.8. The molecule has 3 atom stereocenters. The molecule has 0 amide bonds. The molecule has 0 aromatic heterocycles.